The van der Waals surface area contributed by atoms with Gasteiger partial charge in [-0.1, -0.05) is 55.3 Å². The third kappa shape index (κ3) is 9.27. The Balaban J connectivity index is 1.52. The molecule has 2 aliphatic heterocycles. The van der Waals surface area contributed by atoms with Crippen LogP contribution in [0, 0.1) is 11.3 Å². The molecule has 4 atom stereocenters. The van der Waals surface area contributed by atoms with Gasteiger partial charge in [-0.3, -0.25) is 14.4 Å². The van der Waals surface area contributed by atoms with Crippen LogP contribution < -0.4 is 5.32 Å². The van der Waals surface area contributed by atoms with Crippen LogP contribution in [0.4, 0.5) is 0 Å². The van der Waals surface area contributed by atoms with Crippen molar-refractivity contribution in [1.29, 1.82) is 0 Å². The Hall–Kier alpha value is -3.01. The van der Waals surface area contributed by atoms with E-state index in [0.29, 0.717) is 38.4 Å². The van der Waals surface area contributed by atoms with Crippen LogP contribution in [0.1, 0.15) is 83.6 Å². The van der Waals surface area contributed by atoms with E-state index >= 15 is 0 Å². The van der Waals surface area contributed by atoms with Crippen LogP contribution in [0.2, 0.25) is 0 Å². The van der Waals surface area contributed by atoms with Crippen molar-refractivity contribution < 1.29 is 33.3 Å². The number of methoxy groups -OCH3 is 1. The Labute approximate surface area is 268 Å². The summed E-state index contributed by atoms with van der Waals surface area (Å²) in [4.78, 5) is 42.7. The molecular weight excluding hydrogens is 572 g/mol. The largest absolute Gasteiger partial charge is 0.468 e. The predicted octanol–water partition coefficient (Wildman–Crippen LogP) is 5.49. The number of hydrogen-bond acceptors (Lipinski definition) is 7. The van der Waals surface area contributed by atoms with Gasteiger partial charge in [0.15, 0.2) is 0 Å². The first kappa shape index (κ1) is 34.9. The number of hydrogen-bond donors (Lipinski definition) is 1. The number of allylic oxidation sites excluding steroid dienone is 1. The van der Waals surface area contributed by atoms with Crippen molar-refractivity contribution >= 4 is 17.8 Å². The van der Waals surface area contributed by atoms with Gasteiger partial charge in [0.2, 0.25) is 11.8 Å². The lowest BCUT2D eigenvalue weighted by Gasteiger charge is -2.51. The molecule has 2 heterocycles. The summed E-state index contributed by atoms with van der Waals surface area (Å²) >= 11 is 0. The van der Waals surface area contributed by atoms with Crippen molar-refractivity contribution in [2.45, 2.75) is 96.9 Å². The van der Waals surface area contributed by atoms with Crippen LogP contribution >= 0.6 is 0 Å². The van der Waals surface area contributed by atoms with E-state index < -0.39 is 29.5 Å². The zero-order valence-electron chi connectivity index (χ0n) is 27.4. The zero-order valence-corrected chi connectivity index (χ0v) is 27.4. The molecule has 1 saturated heterocycles. The molecule has 0 saturated carbocycles. The molecule has 0 radical (unpaired) electrons. The number of nitrogens with one attached hydrogen (secondary N) is 1. The first-order valence-corrected chi connectivity index (χ1v) is 16.8. The summed E-state index contributed by atoms with van der Waals surface area (Å²) in [5, 5.41) is 2.95. The second kappa shape index (κ2) is 17.6. The fourth-order valence-electron chi connectivity index (χ4n) is 6.68. The minimum atomic E-state index is -1.21. The Morgan fingerprint density at radius 1 is 1.11 bits per heavy atom. The molecule has 1 aliphatic carbocycles. The second-order valence-electron chi connectivity index (χ2n) is 12.5. The molecule has 0 unspecified atom stereocenters. The number of unbranched alkanes of at least 4 members (excludes halogenated alkanes) is 1. The number of piperidine rings is 1. The van der Waals surface area contributed by atoms with Crippen molar-refractivity contribution in [3.05, 3.63) is 59.3 Å². The molecule has 1 aromatic carbocycles. The normalized spacial score (nSPS) is 24.8. The maximum atomic E-state index is 14.2. The topological polar surface area (TPSA) is 103 Å². The molecule has 9 nitrogen and oxygen atoms in total. The van der Waals surface area contributed by atoms with Crippen molar-refractivity contribution in [2.75, 3.05) is 40.0 Å². The number of benzene rings is 1. The van der Waals surface area contributed by atoms with E-state index in [2.05, 4.69) is 18.3 Å². The molecule has 0 bridgehead atoms. The van der Waals surface area contributed by atoms with Crippen LogP contribution in [-0.2, 0) is 39.9 Å². The lowest BCUT2D eigenvalue weighted by molar-refractivity contribution is -0.178. The molecule has 45 heavy (non-hydrogen) atoms. The number of likely N-dealkylation sites (tertiary alicyclic amines) is 1. The average Bonchev–Trinajstić information content (AvgIpc) is 3.05. The first-order chi connectivity index (χ1) is 21.9. The molecule has 4 rings (SSSR count). The number of carbonyl (C=O) groups excluding carboxylic acids is 3. The zero-order chi connectivity index (χ0) is 32.1. The summed E-state index contributed by atoms with van der Waals surface area (Å²) in [6.45, 7) is 6.90. The lowest BCUT2D eigenvalue weighted by Crippen LogP contribution is -2.60. The summed E-state index contributed by atoms with van der Waals surface area (Å²) in [7, 11) is 1.37. The quantitative estimate of drug-likeness (QED) is 0.139. The van der Waals surface area contributed by atoms with Crippen LogP contribution in [-0.4, -0.2) is 74.9 Å². The molecule has 248 valence electrons. The summed E-state index contributed by atoms with van der Waals surface area (Å²) in [5.41, 5.74) is 1.79. The molecule has 1 N–H and O–H groups in total. The van der Waals surface area contributed by atoms with Crippen molar-refractivity contribution in [3.63, 3.8) is 0 Å². The van der Waals surface area contributed by atoms with Crippen LogP contribution in [0.3, 0.4) is 0 Å². The number of fused-ring (bicyclic) bond motifs is 1. The Morgan fingerprint density at radius 2 is 1.91 bits per heavy atom. The van der Waals surface area contributed by atoms with E-state index in [0.717, 1.165) is 50.7 Å². The smallest absolute Gasteiger partial charge is 0.320 e. The van der Waals surface area contributed by atoms with Gasteiger partial charge in [-0.2, -0.15) is 0 Å². The van der Waals surface area contributed by atoms with Gasteiger partial charge < -0.3 is 29.2 Å². The van der Waals surface area contributed by atoms with E-state index in [1.54, 1.807) is 4.90 Å². The number of rotatable bonds is 17. The van der Waals surface area contributed by atoms with Gasteiger partial charge >= 0.3 is 5.97 Å². The number of amides is 2. The molecule has 0 aromatic heterocycles. The SMILES string of the molecule is CCCCOCCCNC(=O)C[C@H]1C[C@@]2(C(=O)OC)C(=C[C@H](COCc3ccccc3)O[C@@H]2C)N(CCC2=CCCCC2)C1=O. The number of esters is 1. The molecule has 0 spiro atoms. The standard InChI is InChI=1S/C36H52N2O7/c1-4-5-20-43-21-12-18-37-33(39)22-30-24-36(35(41)42-3)27(2)45-31(26-44-25-29-15-10-7-11-16-29)23-32(36)38(34(30)40)19-17-28-13-8-6-9-14-28/h7,10-11,13,15-16,23,27,30-31H,4-6,8-9,12,14,17-22,24-26H2,1-3H3,(H,37,39)/t27-,30+,31-,36+/m1/s1. The van der Waals surface area contributed by atoms with Crippen molar-refractivity contribution in [1.82, 2.24) is 10.2 Å². The highest BCUT2D eigenvalue weighted by atomic mass is 16.6. The van der Waals surface area contributed by atoms with Crippen LogP contribution in [0.5, 0.6) is 0 Å². The molecule has 3 aliphatic rings. The lowest BCUT2D eigenvalue weighted by atomic mass is 9.66. The highest BCUT2D eigenvalue weighted by Crippen LogP contribution is 2.50. The fraction of sp³-hybridized carbons (Fsp3) is 0.639. The van der Waals surface area contributed by atoms with Crippen LogP contribution in [0.25, 0.3) is 0 Å². The van der Waals surface area contributed by atoms with E-state index in [1.807, 2.05) is 43.3 Å². The Morgan fingerprint density at radius 3 is 2.64 bits per heavy atom. The van der Waals surface area contributed by atoms with Gasteiger partial charge in [0.25, 0.3) is 0 Å². The monoisotopic (exact) mass is 624 g/mol. The van der Waals surface area contributed by atoms with Crippen LogP contribution in [0.15, 0.2) is 53.8 Å². The summed E-state index contributed by atoms with van der Waals surface area (Å²) < 4.78 is 23.4. The minimum Gasteiger partial charge on any atom is -0.468 e. The van der Waals surface area contributed by atoms with Crippen molar-refractivity contribution in [3.8, 4) is 0 Å². The summed E-state index contributed by atoms with van der Waals surface area (Å²) in [6, 6.07) is 9.91. The number of nitrogens with zero attached hydrogens (tertiary/aromatic N) is 1. The number of ether oxygens (including phenoxy) is 4. The maximum absolute atomic E-state index is 14.2. The van der Waals surface area contributed by atoms with Gasteiger partial charge in [0.05, 0.1) is 26.4 Å². The van der Waals surface area contributed by atoms with Gasteiger partial charge in [0, 0.05) is 44.3 Å². The molecule has 2 amide bonds. The van der Waals surface area contributed by atoms with Gasteiger partial charge in [-0.05, 0) is 69.9 Å². The third-order valence-electron chi connectivity index (χ3n) is 9.19. The van der Waals surface area contributed by atoms with E-state index in [-0.39, 0.29) is 31.3 Å². The molecule has 1 aromatic rings. The van der Waals surface area contributed by atoms with Gasteiger partial charge in [-0.25, -0.2) is 0 Å². The molecular formula is C36H52N2O7. The first-order valence-electron chi connectivity index (χ1n) is 16.8. The molecule has 9 heteroatoms. The predicted molar refractivity (Wildman–Crippen MR) is 172 cm³/mol. The Bertz CT molecular complexity index is 1180. The van der Waals surface area contributed by atoms with E-state index in [4.69, 9.17) is 18.9 Å². The average molecular weight is 625 g/mol. The van der Waals surface area contributed by atoms with E-state index in [1.165, 1.54) is 19.1 Å². The summed E-state index contributed by atoms with van der Waals surface area (Å²) in [5.74, 6) is -1.47. The van der Waals surface area contributed by atoms with E-state index in [9.17, 15) is 14.4 Å². The highest BCUT2D eigenvalue weighted by molar-refractivity contribution is 5.92. The van der Waals surface area contributed by atoms with Gasteiger partial charge in [-0.15, -0.1) is 0 Å². The van der Waals surface area contributed by atoms with Gasteiger partial charge in [0.1, 0.15) is 11.5 Å². The highest BCUT2D eigenvalue weighted by Gasteiger charge is 2.59. The minimum absolute atomic E-state index is 0.00290. The second-order valence-corrected chi connectivity index (χ2v) is 12.5. The Kier molecular flexibility index (Phi) is 13.6. The van der Waals surface area contributed by atoms with Crippen molar-refractivity contribution in [2.24, 2.45) is 11.3 Å². The third-order valence-corrected chi connectivity index (χ3v) is 9.19. The summed E-state index contributed by atoms with van der Waals surface area (Å²) in [6.07, 6.45) is 11.2. The maximum Gasteiger partial charge on any atom is 0.320 e. The number of carbonyl (C=O) groups is 3. The molecule has 1 fully saturated rings. The fourth-order valence-corrected chi connectivity index (χ4v) is 6.68.